The lowest BCUT2D eigenvalue weighted by molar-refractivity contribution is 0.171. The Morgan fingerprint density at radius 3 is 1.90 bits per heavy atom. The number of aromatic amines is 1. The van der Waals surface area contributed by atoms with Gasteiger partial charge in [-0.1, -0.05) is 47.5 Å². The molecule has 1 aliphatic carbocycles. The van der Waals surface area contributed by atoms with Crippen LogP contribution in [0.25, 0.3) is 0 Å². The van der Waals surface area contributed by atoms with Crippen LogP contribution in [0.15, 0.2) is 60.9 Å². The fraction of sp³-hybridized carbons (Fsp3) is 0.400. The first-order valence-corrected chi connectivity index (χ1v) is 11.8. The third-order valence-electron chi connectivity index (χ3n) is 6.18. The fourth-order valence-corrected chi connectivity index (χ4v) is 4.72. The Kier molecular flexibility index (Phi) is 7.90. The topological polar surface area (TPSA) is 44.0 Å². The zero-order valence-electron chi connectivity index (χ0n) is 17.7. The van der Waals surface area contributed by atoms with Gasteiger partial charge in [0, 0.05) is 48.6 Å². The van der Waals surface area contributed by atoms with Gasteiger partial charge in [0.1, 0.15) is 0 Å². The van der Waals surface area contributed by atoms with Crippen molar-refractivity contribution in [1.29, 1.82) is 0 Å². The fourth-order valence-electron chi connectivity index (χ4n) is 4.47. The Labute approximate surface area is 195 Å². The minimum Gasteiger partial charge on any atom is -0.356 e. The lowest BCUT2D eigenvalue weighted by Crippen LogP contribution is -2.32. The largest absolute Gasteiger partial charge is 0.356 e. The third kappa shape index (κ3) is 6.99. The number of H-pyrrole nitrogens is 1. The number of benzene rings is 2. The smallest absolute Gasteiger partial charge is 0.200 e. The Morgan fingerprint density at radius 1 is 0.839 bits per heavy atom. The highest BCUT2D eigenvalue weighted by atomic mass is 35.5. The molecule has 0 radical (unpaired) electrons. The van der Waals surface area contributed by atoms with E-state index in [0.29, 0.717) is 0 Å². The molecule has 1 fully saturated rings. The van der Waals surface area contributed by atoms with E-state index in [1.807, 2.05) is 30.5 Å². The molecular formula is C25H30Cl2N4. The predicted octanol–water partition coefficient (Wildman–Crippen LogP) is 6.64. The van der Waals surface area contributed by atoms with Crippen molar-refractivity contribution < 1.29 is 0 Å². The minimum absolute atomic E-state index is 0.724. The summed E-state index contributed by atoms with van der Waals surface area (Å²) in [6.07, 6.45) is 8.75. The maximum absolute atomic E-state index is 6.08. The second-order valence-corrected chi connectivity index (χ2v) is 9.50. The van der Waals surface area contributed by atoms with Crippen LogP contribution < -0.4 is 5.32 Å². The van der Waals surface area contributed by atoms with E-state index in [4.69, 9.17) is 23.2 Å². The van der Waals surface area contributed by atoms with Crippen molar-refractivity contribution in [1.82, 2.24) is 14.9 Å². The van der Waals surface area contributed by atoms with Crippen LogP contribution in [-0.2, 0) is 13.1 Å². The van der Waals surface area contributed by atoms with Gasteiger partial charge < -0.3 is 10.3 Å². The van der Waals surface area contributed by atoms with Crippen molar-refractivity contribution in [2.24, 2.45) is 11.8 Å². The molecule has 0 aliphatic heterocycles. The number of imidazole rings is 1. The summed E-state index contributed by atoms with van der Waals surface area (Å²) in [4.78, 5) is 9.94. The van der Waals surface area contributed by atoms with Gasteiger partial charge in [-0.3, -0.25) is 4.90 Å². The predicted molar refractivity (Wildman–Crippen MR) is 130 cm³/mol. The molecular weight excluding hydrogens is 427 g/mol. The van der Waals surface area contributed by atoms with Gasteiger partial charge >= 0.3 is 0 Å². The van der Waals surface area contributed by atoms with Crippen LogP contribution in [0.3, 0.4) is 0 Å². The van der Waals surface area contributed by atoms with Crippen molar-refractivity contribution in [3.8, 4) is 0 Å². The number of hydrogen-bond donors (Lipinski definition) is 2. The van der Waals surface area contributed by atoms with Crippen molar-refractivity contribution in [2.75, 3.05) is 18.4 Å². The third-order valence-corrected chi connectivity index (χ3v) is 6.68. The van der Waals surface area contributed by atoms with Crippen LogP contribution in [0.4, 0.5) is 5.95 Å². The number of anilines is 1. The van der Waals surface area contributed by atoms with Gasteiger partial charge in [-0.15, -0.1) is 0 Å². The van der Waals surface area contributed by atoms with Crippen LogP contribution in [0.5, 0.6) is 0 Å². The van der Waals surface area contributed by atoms with Gasteiger partial charge in [0.25, 0.3) is 0 Å². The van der Waals surface area contributed by atoms with Gasteiger partial charge in [0.15, 0.2) is 5.95 Å². The molecule has 6 heteroatoms. The lowest BCUT2D eigenvalue weighted by atomic mass is 9.81. The Bertz CT molecular complexity index is 854. The van der Waals surface area contributed by atoms with E-state index in [0.717, 1.165) is 54.0 Å². The molecule has 3 aromatic rings. The standard InChI is InChI=1S/C25H30Cl2N4/c26-23-9-5-21(6-10-23)17-31(18-22-7-11-24(27)12-8-22)16-20-3-1-19(2-4-20)15-30-25-28-13-14-29-25/h5-14,19-20H,1-4,15-18H2,(H2,28,29,30). The van der Waals surface area contributed by atoms with Gasteiger partial charge in [-0.05, 0) is 72.9 Å². The molecule has 4 nitrogen and oxygen atoms in total. The Balaban J connectivity index is 1.32. The van der Waals surface area contributed by atoms with E-state index in [1.165, 1.54) is 36.8 Å². The summed E-state index contributed by atoms with van der Waals surface area (Å²) >= 11 is 12.2. The van der Waals surface area contributed by atoms with Crippen LogP contribution >= 0.6 is 23.2 Å². The summed E-state index contributed by atoms with van der Waals surface area (Å²) in [5.41, 5.74) is 2.60. The van der Waals surface area contributed by atoms with E-state index < -0.39 is 0 Å². The van der Waals surface area contributed by atoms with Gasteiger partial charge in [0.05, 0.1) is 0 Å². The van der Waals surface area contributed by atoms with Crippen LogP contribution in [0.1, 0.15) is 36.8 Å². The molecule has 4 rings (SSSR count). The van der Waals surface area contributed by atoms with E-state index >= 15 is 0 Å². The number of rotatable bonds is 9. The van der Waals surface area contributed by atoms with E-state index in [1.54, 1.807) is 6.20 Å². The van der Waals surface area contributed by atoms with Crippen molar-refractivity contribution in [3.05, 3.63) is 82.1 Å². The molecule has 164 valence electrons. The van der Waals surface area contributed by atoms with E-state index in [-0.39, 0.29) is 0 Å². The normalized spacial score (nSPS) is 18.9. The summed E-state index contributed by atoms with van der Waals surface area (Å²) in [6.45, 7) is 3.97. The molecule has 0 unspecified atom stereocenters. The number of aromatic nitrogens is 2. The number of hydrogen-bond acceptors (Lipinski definition) is 3. The molecule has 0 saturated heterocycles. The molecule has 0 bridgehead atoms. The summed E-state index contributed by atoms with van der Waals surface area (Å²) in [6, 6.07) is 16.5. The molecule has 31 heavy (non-hydrogen) atoms. The lowest BCUT2D eigenvalue weighted by Gasteiger charge is -2.33. The molecule has 1 aliphatic rings. The Morgan fingerprint density at radius 2 is 1.39 bits per heavy atom. The molecule has 1 aromatic heterocycles. The van der Waals surface area contributed by atoms with Crippen LogP contribution in [-0.4, -0.2) is 28.0 Å². The first kappa shape index (κ1) is 22.2. The van der Waals surface area contributed by atoms with E-state index in [2.05, 4.69) is 44.5 Å². The van der Waals surface area contributed by atoms with Gasteiger partial charge in [-0.25, -0.2) is 4.98 Å². The van der Waals surface area contributed by atoms with Gasteiger partial charge in [0.2, 0.25) is 0 Å². The zero-order chi connectivity index (χ0) is 21.5. The summed E-state index contributed by atoms with van der Waals surface area (Å²) in [5, 5.41) is 5.00. The highest BCUT2D eigenvalue weighted by Crippen LogP contribution is 2.30. The molecule has 0 atom stereocenters. The minimum atomic E-state index is 0.724. The van der Waals surface area contributed by atoms with Gasteiger partial charge in [-0.2, -0.15) is 0 Å². The zero-order valence-corrected chi connectivity index (χ0v) is 19.2. The second-order valence-electron chi connectivity index (χ2n) is 8.63. The van der Waals surface area contributed by atoms with Crippen molar-refractivity contribution in [2.45, 2.75) is 38.8 Å². The van der Waals surface area contributed by atoms with Crippen molar-refractivity contribution in [3.63, 3.8) is 0 Å². The Hall–Kier alpha value is -2.01. The number of nitrogens with one attached hydrogen (secondary N) is 2. The first-order valence-electron chi connectivity index (χ1n) is 11.1. The SMILES string of the molecule is Clc1ccc(CN(Cc2ccc(Cl)cc2)CC2CCC(CNc3ncc[nH]3)CC2)cc1. The highest BCUT2D eigenvalue weighted by Gasteiger charge is 2.23. The average Bonchev–Trinajstić information content (AvgIpc) is 3.30. The second kappa shape index (κ2) is 11.0. The molecule has 0 amide bonds. The number of nitrogens with zero attached hydrogens (tertiary/aromatic N) is 2. The number of halogens is 2. The quantitative estimate of drug-likeness (QED) is 0.379. The van der Waals surface area contributed by atoms with Crippen LogP contribution in [0, 0.1) is 11.8 Å². The van der Waals surface area contributed by atoms with E-state index in [9.17, 15) is 0 Å². The first-order chi connectivity index (χ1) is 15.1. The van der Waals surface area contributed by atoms with Crippen molar-refractivity contribution >= 4 is 29.2 Å². The summed E-state index contributed by atoms with van der Waals surface area (Å²) < 4.78 is 0. The summed E-state index contributed by atoms with van der Waals surface area (Å²) in [5.74, 6) is 2.33. The maximum Gasteiger partial charge on any atom is 0.200 e. The van der Waals surface area contributed by atoms with Crippen LogP contribution in [0.2, 0.25) is 10.0 Å². The summed E-state index contributed by atoms with van der Waals surface area (Å²) in [7, 11) is 0. The average molecular weight is 457 g/mol. The molecule has 2 N–H and O–H groups in total. The molecule has 0 spiro atoms. The monoisotopic (exact) mass is 456 g/mol. The molecule has 1 heterocycles. The molecule has 1 saturated carbocycles. The maximum atomic E-state index is 6.08. The highest BCUT2D eigenvalue weighted by molar-refractivity contribution is 6.30. The molecule has 2 aromatic carbocycles.